The normalized spacial score (nSPS) is 26.0. The van der Waals surface area contributed by atoms with E-state index < -0.39 is 0 Å². The molecule has 0 radical (unpaired) electrons. The number of benzene rings is 2. The summed E-state index contributed by atoms with van der Waals surface area (Å²) < 4.78 is 0. The van der Waals surface area contributed by atoms with E-state index in [1.807, 2.05) is 0 Å². The van der Waals surface area contributed by atoms with Crippen LogP contribution in [0.5, 0.6) is 0 Å². The fourth-order valence-corrected chi connectivity index (χ4v) is 4.19. The molecular weight excluding hydrogens is 308 g/mol. The van der Waals surface area contributed by atoms with E-state index in [2.05, 4.69) is 87.4 Å². The van der Waals surface area contributed by atoms with Gasteiger partial charge in [-0.3, -0.25) is 0 Å². The Bertz CT molecular complexity index is 730. The molecule has 0 heterocycles. The van der Waals surface area contributed by atoms with Crippen LogP contribution in [0.3, 0.4) is 0 Å². The Hall–Kier alpha value is -1.65. The minimum Gasteiger partial charge on any atom is -0.130 e. The van der Waals surface area contributed by atoms with E-state index in [1.54, 1.807) is 11.8 Å². The molecule has 0 aromatic heterocycles. The molecule has 1 aliphatic carbocycles. The summed E-state index contributed by atoms with van der Waals surface area (Å²) in [5.41, 5.74) is 3.65. The number of hydrogen-bond donors (Lipinski definition) is 0. The van der Waals surface area contributed by atoms with Gasteiger partial charge in [0.15, 0.2) is 0 Å². The molecule has 0 nitrogen and oxygen atoms in total. The molecule has 0 bridgehead atoms. The van der Waals surface area contributed by atoms with Crippen molar-refractivity contribution in [2.75, 3.05) is 6.26 Å². The molecule has 4 atom stereocenters. The van der Waals surface area contributed by atoms with Crippen LogP contribution in [0.2, 0.25) is 0 Å². The Morgan fingerprint density at radius 3 is 1.79 bits per heavy atom. The van der Waals surface area contributed by atoms with Gasteiger partial charge in [0.2, 0.25) is 0 Å². The van der Waals surface area contributed by atoms with Crippen LogP contribution < -0.4 is 0 Å². The number of thioether (sulfide) groups is 1. The van der Waals surface area contributed by atoms with E-state index in [9.17, 15) is 0 Å². The van der Waals surface area contributed by atoms with Gasteiger partial charge in [-0.05, 0) is 78.3 Å². The fraction of sp³-hybridized carbons (Fsp3) is 0.391. The van der Waals surface area contributed by atoms with E-state index >= 15 is 0 Å². The predicted molar refractivity (Wildman–Crippen MR) is 105 cm³/mol. The summed E-state index contributed by atoms with van der Waals surface area (Å²) >= 11 is 1.76. The molecule has 0 N–H and O–H groups in total. The lowest BCUT2D eigenvalue weighted by Gasteiger charge is -2.18. The summed E-state index contributed by atoms with van der Waals surface area (Å²) in [5, 5.41) is 0. The minimum absolute atomic E-state index is 0.705. The first kappa shape index (κ1) is 17.2. The maximum absolute atomic E-state index is 3.29. The first-order valence-corrected chi connectivity index (χ1v) is 10.1. The van der Waals surface area contributed by atoms with Crippen LogP contribution >= 0.6 is 11.8 Å². The van der Waals surface area contributed by atoms with Gasteiger partial charge in [0.25, 0.3) is 0 Å². The maximum atomic E-state index is 3.29. The molecule has 0 saturated heterocycles. The van der Waals surface area contributed by atoms with Crippen molar-refractivity contribution in [3.8, 4) is 11.8 Å². The highest BCUT2D eigenvalue weighted by atomic mass is 32.2. The largest absolute Gasteiger partial charge is 0.130 e. The molecule has 2 aromatic rings. The molecule has 4 unspecified atom stereocenters. The van der Waals surface area contributed by atoms with Gasteiger partial charge in [-0.25, -0.2) is 0 Å². The molecule has 0 spiro atoms. The molecule has 1 aliphatic rings. The lowest BCUT2D eigenvalue weighted by Crippen LogP contribution is -2.08. The average molecular weight is 335 g/mol. The van der Waals surface area contributed by atoms with Gasteiger partial charge in [0.05, 0.1) is 0 Å². The van der Waals surface area contributed by atoms with Crippen LogP contribution in [-0.4, -0.2) is 6.26 Å². The van der Waals surface area contributed by atoms with Crippen molar-refractivity contribution in [1.82, 2.24) is 0 Å². The summed E-state index contributed by atoms with van der Waals surface area (Å²) in [6.07, 6.45) is 3.41. The fourth-order valence-electron chi connectivity index (χ4n) is 3.79. The zero-order chi connectivity index (χ0) is 17.1. The average Bonchev–Trinajstić information content (AvgIpc) is 2.88. The van der Waals surface area contributed by atoms with Crippen molar-refractivity contribution in [1.29, 1.82) is 0 Å². The Morgan fingerprint density at radius 2 is 1.33 bits per heavy atom. The first-order chi connectivity index (χ1) is 11.6. The van der Waals surface area contributed by atoms with Crippen LogP contribution in [-0.2, 0) is 0 Å². The van der Waals surface area contributed by atoms with Crippen molar-refractivity contribution in [3.05, 3.63) is 65.2 Å². The van der Waals surface area contributed by atoms with Crippen molar-refractivity contribution < 1.29 is 0 Å². The van der Waals surface area contributed by atoms with Gasteiger partial charge in [0.1, 0.15) is 0 Å². The van der Waals surface area contributed by atoms with Gasteiger partial charge in [0, 0.05) is 16.0 Å². The topological polar surface area (TPSA) is 0 Å². The summed E-state index contributed by atoms with van der Waals surface area (Å²) in [6.45, 7) is 7.20. The summed E-state index contributed by atoms with van der Waals surface area (Å²) in [4.78, 5) is 1.28. The number of rotatable bonds is 2. The monoisotopic (exact) mass is 334 g/mol. The van der Waals surface area contributed by atoms with Crippen molar-refractivity contribution in [2.45, 2.75) is 38.0 Å². The third-order valence-corrected chi connectivity index (χ3v) is 6.51. The molecule has 124 valence electrons. The van der Waals surface area contributed by atoms with Crippen molar-refractivity contribution in [3.63, 3.8) is 0 Å². The number of hydrogen-bond acceptors (Lipinski definition) is 1. The van der Waals surface area contributed by atoms with Crippen LogP contribution in [0.4, 0.5) is 0 Å². The van der Waals surface area contributed by atoms with E-state index in [4.69, 9.17) is 0 Å². The third kappa shape index (κ3) is 3.70. The van der Waals surface area contributed by atoms with Crippen molar-refractivity contribution >= 4 is 11.8 Å². The molecular formula is C23H26S. The van der Waals surface area contributed by atoms with Crippen molar-refractivity contribution in [2.24, 2.45) is 17.8 Å². The predicted octanol–water partition coefficient (Wildman–Crippen LogP) is 6.20. The van der Waals surface area contributed by atoms with Gasteiger partial charge < -0.3 is 0 Å². The molecule has 0 amide bonds. The molecule has 0 aliphatic heterocycles. The van der Waals surface area contributed by atoms with E-state index in [-0.39, 0.29) is 0 Å². The van der Waals surface area contributed by atoms with Crippen LogP contribution in [0.15, 0.2) is 53.4 Å². The molecule has 1 saturated carbocycles. The SMILES string of the molecule is CSc1ccc(C#Cc2ccc(C3CC(C)C(C)C3C)cc2)cc1. The zero-order valence-electron chi connectivity index (χ0n) is 15.0. The molecule has 2 aromatic carbocycles. The highest BCUT2D eigenvalue weighted by Gasteiger charge is 2.35. The second-order valence-electron chi connectivity index (χ2n) is 7.14. The first-order valence-electron chi connectivity index (χ1n) is 8.84. The standard InChI is InChI=1S/C23H26S/c1-16-15-23(18(3)17(16)2)21-11-7-19(8-12-21)5-6-20-9-13-22(24-4)14-10-20/h7-14,16-18,23H,15H2,1-4H3. The van der Waals surface area contributed by atoms with Gasteiger partial charge in [-0.1, -0.05) is 44.7 Å². The summed E-state index contributed by atoms with van der Waals surface area (Å²) in [7, 11) is 0. The zero-order valence-corrected chi connectivity index (χ0v) is 15.9. The Labute approximate surface area is 151 Å². The van der Waals surface area contributed by atoms with Gasteiger partial charge in [-0.2, -0.15) is 0 Å². The maximum Gasteiger partial charge on any atom is 0.0249 e. The molecule has 1 fully saturated rings. The highest BCUT2D eigenvalue weighted by molar-refractivity contribution is 7.98. The summed E-state index contributed by atoms with van der Waals surface area (Å²) in [5.74, 6) is 9.67. The highest BCUT2D eigenvalue weighted by Crippen LogP contribution is 2.46. The minimum atomic E-state index is 0.705. The van der Waals surface area contributed by atoms with E-state index in [1.165, 1.54) is 16.9 Å². The second-order valence-corrected chi connectivity index (χ2v) is 8.02. The van der Waals surface area contributed by atoms with Crippen LogP contribution in [0.1, 0.15) is 49.8 Å². The summed E-state index contributed by atoms with van der Waals surface area (Å²) in [6, 6.07) is 17.4. The Balaban J connectivity index is 1.72. The smallest absolute Gasteiger partial charge is 0.0249 e. The third-order valence-electron chi connectivity index (χ3n) is 5.77. The molecule has 1 heteroatoms. The van der Waals surface area contributed by atoms with Crippen LogP contribution in [0, 0.1) is 29.6 Å². The van der Waals surface area contributed by atoms with Gasteiger partial charge >= 0.3 is 0 Å². The Morgan fingerprint density at radius 1 is 0.792 bits per heavy atom. The lowest BCUT2D eigenvalue weighted by molar-refractivity contribution is 0.370. The van der Waals surface area contributed by atoms with E-state index in [0.717, 1.165) is 28.9 Å². The van der Waals surface area contributed by atoms with Crippen LogP contribution in [0.25, 0.3) is 0 Å². The lowest BCUT2D eigenvalue weighted by atomic mass is 9.86. The van der Waals surface area contributed by atoms with Gasteiger partial charge in [-0.15, -0.1) is 11.8 Å². The second kappa shape index (κ2) is 7.49. The Kier molecular flexibility index (Phi) is 5.36. The molecule has 3 rings (SSSR count). The van der Waals surface area contributed by atoms with E-state index in [0.29, 0.717) is 5.92 Å². The molecule has 24 heavy (non-hydrogen) atoms. The quantitative estimate of drug-likeness (QED) is 0.465.